The van der Waals surface area contributed by atoms with Crippen LogP contribution in [0.5, 0.6) is 5.75 Å². The van der Waals surface area contributed by atoms with E-state index in [0.29, 0.717) is 37.9 Å². The quantitative estimate of drug-likeness (QED) is 0.694. The van der Waals surface area contributed by atoms with Crippen LogP contribution in [-0.4, -0.2) is 59.0 Å². The number of benzene rings is 1. The lowest BCUT2D eigenvalue weighted by Gasteiger charge is -2.30. The van der Waals surface area contributed by atoms with Crippen LogP contribution in [0.1, 0.15) is 0 Å². The normalized spacial score (nSPS) is 13.5. The summed E-state index contributed by atoms with van der Waals surface area (Å²) in [5.41, 5.74) is 0.868. The van der Waals surface area contributed by atoms with Gasteiger partial charge in [0.05, 0.1) is 25.4 Å². The second kappa shape index (κ2) is 8.82. The fraction of sp³-hybridized carbons (Fsp3) is 0.533. The molecule has 0 atom stereocenters. The molecule has 0 aliphatic carbocycles. The fourth-order valence-electron chi connectivity index (χ4n) is 2.23. The van der Waals surface area contributed by atoms with Gasteiger partial charge in [-0.05, 0) is 18.2 Å². The van der Waals surface area contributed by atoms with Gasteiger partial charge in [-0.2, -0.15) is 0 Å². The Morgan fingerprint density at radius 1 is 1.41 bits per heavy atom. The first-order valence-corrected chi connectivity index (χ1v) is 7.72. The Balaban J connectivity index is 1.77. The third-order valence-corrected chi connectivity index (χ3v) is 3.56. The van der Waals surface area contributed by atoms with E-state index >= 15 is 0 Å². The SMILES string of the molecule is COCCNCCNC(=O)CN1CCOc2ccc(Cl)cc21. The molecular formula is C15H22ClN3O3. The van der Waals surface area contributed by atoms with Gasteiger partial charge in [0.25, 0.3) is 0 Å². The molecule has 1 amide bonds. The number of amides is 1. The zero-order valence-corrected chi connectivity index (χ0v) is 13.5. The number of nitrogens with one attached hydrogen (secondary N) is 2. The van der Waals surface area contributed by atoms with Crippen molar-refractivity contribution in [1.82, 2.24) is 10.6 Å². The highest BCUT2D eigenvalue weighted by atomic mass is 35.5. The number of hydrogen-bond donors (Lipinski definition) is 2. The summed E-state index contributed by atoms with van der Waals surface area (Å²) in [5, 5.41) is 6.71. The molecule has 0 fully saturated rings. The average Bonchev–Trinajstić information content (AvgIpc) is 2.51. The number of halogens is 1. The van der Waals surface area contributed by atoms with Gasteiger partial charge in [0.15, 0.2) is 0 Å². The van der Waals surface area contributed by atoms with Crippen molar-refractivity contribution in [1.29, 1.82) is 0 Å². The van der Waals surface area contributed by atoms with Crippen molar-refractivity contribution >= 4 is 23.2 Å². The minimum Gasteiger partial charge on any atom is -0.490 e. The van der Waals surface area contributed by atoms with Gasteiger partial charge in [0, 0.05) is 31.8 Å². The van der Waals surface area contributed by atoms with E-state index in [1.54, 1.807) is 13.2 Å². The Morgan fingerprint density at radius 2 is 2.27 bits per heavy atom. The van der Waals surface area contributed by atoms with Crippen LogP contribution in [0.25, 0.3) is 0 Å². The molecule has 2 rings (SSSR count). The van der Waals surface area contributed by atoms with Crippen LogP contribution in [0.2, 0.25) is 5.02 Å². The Kier molecular flexibility index (Phi) is 6.76. The van der Waals surface area contributed by atoms with Crippen molar-refractivity contribution in [3.63, 3.8) is 0 Å². The second-order valence-corrected chi connectivity index (χ2v) is 5.41. The maximum absolute atomic E-state index is 12.0. The first-order valence-electron chi connectivity index (χ1n) is 7.34. The number of rotatable bonds is 8. The van der Waals surface area contributed by atoms with E-state index in [9.17, 15) is 4.79 Å². The Labute approximate surface area is 135 Å². The van der Waals surface area contributed by atoms with E-state index < -0.39 is 0 Å². The van der Waals surface area contributed by atoms with Crippen molar-refractivity contribution in [2.45, 2.75) is 0 Å². The van der Waals surface area contributed by atoms with Gasteiger partial charge < -0.3 is 25.0 Å². The van der Waals surface area contributed by atoms with Crippen molar-refractivity contribution in [3.05, 3.63) is 23.2 Å². The second-order valence-electron chi connectivity index (χ2n) is 4.97. The molecule has 1 aliphatic heterocycles. The molecule has 0 spiro atoms. The van der Waals surface area contributed by atoms with Crippen LogP contribution >= 0.6 is 11.6 Å². The monoisotopic (exact) mass is 327 g/mol. The largest absolute Gasteiger partial charge is 0.490 e. The minimum atomic E-state index is -0.0126. The van der Waals surface area contributed by atoms with Crippen molar-refractivity contribution in [2.75, 3.05) is 57.9 Å². The highest BCUT2D eigenvalue weighted by Crippen LogP contribution is 2.33. The first-order chi connectivity index (χ1) is 10.7. The molecule has 0 bridgehead atoms. The fourth-order valence-corrected chi connectivity index (χ4v) is 2.40. The van der Waals surface area contributed by atoms with E-state index in [4.69, 9.17) is 21.1 Å². The van der Waals surface area contributed by atoms with Crippen molar-refractivity contribution in [3.8, 4) is 5.75 Å². The van der Waals surface area contributed by atoms with Gasteiger partial charge in [0.1, 0.15) is 12.4 Å². The number of fused-ring (bicyclic) bond motifs is 1. The highest BCUT2D eigenvalue weighted by Gasteiger charge is 2.20. The zero-order chi connectivity index (χ0) is 15.8. The number of ether oxygens (including phenoxy) is 2. The summed E-state index contributed by atoms with van der Waals surface area (Å²) in [5.74, 6) is 0.756. The van der Waals surface area contributed by atoms with Gasteiger partial charge in [0.2, 0.25) is 5.91 Å². The number of methoxy groups -OCH3 is 1. The lowest BCUT2D eigenvalue weighted by atomic mass is 10.2. The lowest BCUT2D eigenvalue weighted by molar-refractivity contribution is -0.119. The molecule has 6 nitrogen and oxygen atoms in total. The first kappa shape index (κ1) is 16.9. The molecule has 1 heterocycles. The maximum atomic E-state index is 12.0. The Bertz CT molecular complexity index is 499. The maximum Gasteiger partial charge on any atom is 0.239 e. The van der Waals surface area contributed by atoms with Crippen LogP contribution in [0.3, 0.4) is 0 Å². The number of carbonyl (C=O) groups is 1. The van der Waals surface area contributed by atoms with E-state index in [1.165, 1.54) is 0 Å². The lowest BCUT2D eigenvalue weighted by Crippen LogP contribution is -2.43. The van der Waals surface area contributed by atoms with Crippen molar-refractivity contribution < 1.29 is 14.3 Å². The topological polar surface area (TPSA) is 62.8 Å². The van der Waals surface area contributed by atoms with E-state index in [0.717, 1.165) is 24.5 Å². The Hall–Kier alpha value is -1.50. The summed E-state index contributed by atoms with van der Waals surface area (Å²) in [4.78, 5) is 14.0. The van der Waals surface area contributed by atoms with E-state index in [-0.39, 0.29) is 5.91 Å². The molecule has 0 aromatic heterocycles. The van der Waals surface area contributed by atoms with Crippen LogP contribution < -0.4 is 20.3 Å². The molecule has 1 aromatic carbocycles. The third-order valence-electron chi connectivity index (χ3n) is 3.32. The zero-order valence-electron chi connectivity index (χ0n) is 12.7. The van der Waals surface area contributed by atoms with Crippen LogP contribution in [-0.2, 0) is 9.53 Å². The molecule has 22 heavy (non-hydrogen) atoms. The summed E-state index contributed by atoms with van der Waals surface area (Å²) in [6.07, 6.45) is 0. The smallest absolute Gasteiger partial charge is 0.239 e. The number of carbonyl (C=O) groups excluding carboxylic acids is 1. The summed E-state index contributed by atoms with van der Waals surface area (Å²) in [7, 11) is 1.66. The number of hydrogen-bond acceptors (Lipinski definition) is 5. The van der Waals surface area contributed by atoms with Crippen molar-refractivity contribution in [2.24, 2.45) is 0 Å². The summed E-state index contributed by atoms with van der Waals surface area (Å²) >= 11 is 6.02. The summed E-state index contributed by atoms with van der Waals surface area (Å²) in [6.45, 7) is 4.30. The van der Waals surface area contributed by atoms with Gasteiger partial charge in [-0.1, -0.05) is 11.6 Å². The molecular weight excluding hydrogens is 306 g/mol. The average molecular weight is 328 g/mol. The number of anilines is 1. The van der Waals surface area contributed by atoms with Gasteiger partial charge in [-0.3, -0.25) is 4.79 Å². The number of nitrogens with zero attached hydrogens (tertiary/aromatic N) is 1. The van der Waals surface area contributed by atoms with Crippen LogP contribution in [0.15, 0.2) is 18.2 Å². The third kappa shape index (κ3) is 5.05. The van der Waals surface area contributed by atoms with Crippen LogP contribution in [0, 0.1) is 0 Å². The van der Waals surface area contributed by atoms with Gasteiger partial charge >= 0.3 is 0 Å². The molecule has 122 valence electrons. The van der Waals surface area contributed by atoms with E-state index in [2.05, 4.69) is 10.6 Å². The molecule has 7 heteroatoms. The predicted molar refractivity (Wildman–Crippen MR) is 86.9 cm³/mol. The predicted octanol–water partition coefficient (Wildman–Crippen LogP) is 0.891. The standard InChI is InChI=1S/C15H22ClN3O3/c1-21-8-6-17-4-5-18-15(20)11-19-7-9-22-14-3-2-12(16)10-13(14)19/h2-3,10,17H,4-9,11H2,1H3,(H,18,20). The van der Waals surface area contributed by atoms with E-state index in [1.807, 2.05) is 17.0 Å². The highest BCUT2D eigenvalue weighted by molar-refractivity contribution is 6.31. The van der Waals surface area contributed by atoms with Gasteiger partial charge in [-0.15, -0.1) is 0 Å². The Morgan fingerprint density at radius 3 is 3.09 bits per heavy atom. The minimum absolute atomic E-state index is 0.0126. The summed E-state index contributed by atoms with van der Waals surface area (Å²) < 4.78 is 10.5. The molecule has 0 saturated heterocycles. The molecule has 1 aliphatic rings. The molecule has 0 radical (unpaired) electrons. The van der Waals surface area contributed by atoms with Crippen LogP contribution in [0.4, 0.5) is 5.69 Å². The summed E-state index contributed by atoms with van der Waals surface area (Å²) in [6, 6.07) is 5.45. The van der Waals surface area contributed by atoms with Gasteiger partial charge in [-0.25, -0.2) is 0 Å². The molecule has 0 saturated carbocycles. The molecule has 0 unspecified atom stereocenters. The molecule has 1 aromatic rings. The molecule has 2 N–H and O–H groups in total.